The number of ether oxygens (including phenoxy) is 2. The number of benzene rings is 1. The fourth-order valence-corrected chi connectivity index (χ4v) is 1.50. The number of esters is 1. The van der Waals surface area contributed by atoms with Crippen molar-refractivity contribution in [1.82, 2.24) is 5.32 Å². The van der Waals surface area contributed by atoms with Gasteiger partial charge in [0.05, 0.1) is 12.7 Å². The van der Waals surface area contributed by atoms with E-state index in [1.165, 1.54) is 0 Å². The number of methoxy groups -OCH3 is 1. The maximum atomic E-state index is 11.8. The lowest BCUT2D eigenvalue weighted by atomic mass is 10.2. The second-order valence-corrected chi connectivity index (χ2v) is 4.15. The van der Waals surface area contributed by atoms with Gasteiger partial charge in [0, 0.05) is 6.54 Å². The molecule has 1 atom stereocenters. The van der Waals surface area contributed by atoms with Gasteiger partial charge in [-0.15, -0.1) is 0 Å². The Bertz CT molecular complexity index is 362. The van der Waals surface area contributed by atoms with Crippen molar-refractivity contribution in [1.29, 1.82) is 0 Å². The lowest BCUT2D eigenvalue weighted by molar-refractivity contribution is 0.0343. The molecule has 0 aromatic heterocycles. The molecule has 0 aliphatic carbocycles. The SMILES string of the molecule is CCCNCC(C)OC(=O)c1ccc(OC)cc1. The lowest BCUT2D eigenvalue weighted by Crippen LogP contribution is -2.29. The van der Waals surface area contributed by atoms with Crippen LogP contribution in [0.15, 0.2) is 24.3 Å². The van der Waals surface area contributed by atoms with Crippen LogP contribution in [0.5, 0.6) is 5.75 Å². The monoisotopic (exact) mass is 251 g/mol. The molecule has 100 valence electrons. The molecule has 1 aromatic carbocycles. The minimum Gasteiger partial charge on any atom is -0.497 e. The maximum absolute atomic E-state index is 11.8. The molecule has 18 heavy (non-hydrogen) atoms. The second-order valence-electron chi connectivity index (χ2n) is 4.15. The van der Waals surface area contributed by atoms with Crippen LogP contribution in [0.4, 0.5) is 0 Å². The zero-order valence-electron chi connectivity index (χ0n) is 11.2. The number of rotatable bonds is 7. The van der Waals surface area contributed by atoms with Crippen LogP contribution in [0.3, 0.4) is 0 Å². The fraction of sp³-hybridized carbons (Fsp3) is 0.500. The van der Waals surface area contributed by atoms with E-state index in [0.29, 0.717) is 12.1 Å². The molecule has 0 saturated carbocycles. The van der Waals surface area contributed by atoms with E-state index in [2.05, 4.69) is 12.2 Å². The molecule has 1 rings (SSSR count). The van der Waals surface area contributed by atoms with Crippen LogP contribution in [0.25, 0.3) is 0 Å². The molecule has 4 heteroatoms. The highest BCUT2D eigenvalue weighted by Gasteiger charge is 2.11. The highest BCUT2D eigenvalue weighted by Crippen LogP contribution is 2.12. The normalized spacial score (nSPS) is 11.9. The standard InChI is InChI=1S/C14H21NO3/c1-4-9-15-10-11(2)18-14(16)12-5-7-13(17-3)8-6-12/h5-8,11,15H,4,9-10H2,1-3H3. The molecule has 0 bridgehead atoms. The van der Waals surface area contributed by atoms with Crippen molar-refractivity contribution in [2.24, 2.45) is 0 Å². The van der Waals surface area contributed by atoms with Gasteiger partial charge >= 0.3 is 5.97 Å². The lowest BCUT2D eigenvalue weighted by Gasteiger charge is -2.14. The summed E-state index contributed by atoms with van der Waals surface area (Å²) in [5.41, 5.74) is 0.540. The molecule has 0 radical (unpaired) electrons. The van der Waals surface area contributed by atoms with Gasteiger partial charge < -0.3 is 14.8 Å². The van der Waals surface area contributed by atoms with Crippen LogP contribution >= 0.6 is 0 Å². The fourth-order valence-electron chi connectivity index (χ4n) is 1.50. The van der Waals surface area contributed by atoms with E-state index >= 15 is 0 Å². The van der Waals surface area contributed by atoms with Crippen LogP contribution in [-0.4, -0.2) is 32.3 Å². The quantitative estimate of drug-likeness (QED) is 0.596. The zero-order chi connectivity index (χ0) is 13.4. The van der Waals surface area contributed by atoms with Crippen LogP contribution in [-0.2, 0) is 4.74 Å². The molecule has 1 unspecified atom stereocenters. The van der Waals surface area contributed by atoms with Crippen molar-refractivity contribution >= 4 is 5.97 Å². The summed E-state index contributed by atoms with van der Waals surface area (Å²) in [7, 11) is 1.59. The van der Waals surface area contributed by atoms with Crippen LogP contribution in [0.2, 0.25) is 0 Å². The molecule has 0 heterocycles. The van der Waals surface area contributed by atoms with Gasteiger partial charge in [-0.1, -0.05) is 6.92 Å². The van der Waals surface area contributed by atoms with E-state index in [-0.39, 0.29) is 12.1 Å². The average molecular weight is 251 g/mol. The zero-order valence-corrected chi connectivity index (χ0v) is 11.2. The molecular formula is C14H21NO3. The first-order valence-electron chi connectivity index (χ1n) is 6.23. The van der Waals surface area contributed by atoms with E-state index in [0.717, 1.165) is 18.7 Å². The topological polar surface area (TPSA) is 47.6 Å². The van der Waals surface area contributed by atoms with Gasteiger partial charge in [0.15, 0.2) is 0 Å². The Hall–Kier alpha value is -1.55. The summed E-state index contributed by atoms with van der Waals surface area (Å²) in [6.07, 6.45) is 0.935. The summed E-state index contributed by atoms with van der Waals surface area (Å²) in [5.74, 6) is 0.424. The molecule has 0 saturated heterocycles. The van der Waals surface area contributed by atoms with E-state index in [4.69, 9.17) is 9.47 Å². The van der Waals surface area contributed by atoms with Crippen LogP contribution in [0.1, 0.15) is 30.6 Å². The van der Waals surface area contributed by atoms with Crippen molar-refractivity contribution in [2.45, 2.75) is 26.4 Å². The van der Waals surface area contributed by atoms with E-state index < -0.39 is 0 Å². The Morgan fingerprint density at radius 1 is 1.33 bits per heavy atom. The molecule has 1 aromatic rings. The van der Waals surface area contributed by atoms with Gasteiger partial charge in [-0.3, -0.25) is 0 Å². The van der Waals surface area contributed by atoms with Gasteiger partial charge in [-0.2, -0.15) is 0 Å². The summed E-state index contributed by atoms with van der Waals surface area (Å²) in [6, 6.07) is 6.90. The Morgan fingerprint density at radius 2 is 2.00 bits per heavy atom. The van der Waals surface area contributed by atoms with Crippen molar-refractivity contribution < 1.29 is 14.3 Å². The summed E-state index contributed by atoms with van der Waals surface area (Å²) in [4.78, 5) is 11.8. The average Bonchev–Trinajstić information content (AvgIpc) is 2.39. The number of nitrogens with one attached hydrogen (secondary N) is 1. The Labute approximate surface area is 108 Å². The highest BCUT2D eigenvalue weighted by molar-refractivity contribution is 5.89. The van der Waals surface area contributed by atoms with Crippen molar-refractivity contribution in [3.63, 3.8) is 0 Å². The van der Waals surface area contributed by atoms with Gasteiger partial charge in [0.2, 0.25) is 0 Å². The molecule has 0 spiro atoms. The first kappa shape index (κ1) is 14.5. The summed E-state index contributed by atoms with van der Waals surface area (Å²) in [5, 5.41) is 3.21. The predicted molar refractivity (Wildman–Crippen MR) is 71.0 cm³/mol. The van der Waals surface area contributed by atoms with Gasteiger partial charge in [0.1, 0.15) is 11.9 Å². The van der Waals surface area contributed by atoms with E-state index in [1.54, 1.807) is 31.4 Å². The number of carbonyl (C=O) groups is 1. The maximum Gasteiger partial charge on any atom is 0.338 e. The highest BCUT2D eigenvalue weighted by atomic mass is 16.5. The molecule has 0 fully saturated rings. The molecule has 0 amide bonds. The molecular weight excluding hydrogens is 230 g/mol. The first-order chi connectivity index (χ1) is 8.67. The second kappa shape index (κ2) is 7.71. The van der Waals surface area contributed by atoms with Gasteiger partial charge in [-0.25, -0.2) is 4.79 Å². The smallest absolute Gasteiger partial charge is 0.338 e. The molecule has 0 aliphatic heterocycles. The Morgan fingerprint density at radius 3 is 2.56 bits per heavy atom. The van der Waals surface area contributed by atoms with E-state index in [1.807, 2.05) is 6.92 Å². The van der Waals surface area contributed by atoms with Gasteiger partial charge in [-0.05, 0) is 44.2 Å². The largest absolute Gasteiger partial charge is 0.497 e. The molecule has 0 aliphatic rings. The summed E-state index contributed by atoms with van der Waals surface area (Å²) >= 11 is 0. The Balaban J connectivity index is 2.43. The third-order valence-corrected chi connectivity index (χ3v) is 2.49. The van der Waals surface area contributed by atoms with Crippen molar-refractivity contribution in [3.8, 4) is 5.75 Å². The third-order valence-electron chi connectivity index (χ3n) is 2.49. The minimum atomic E-state index is -0.302. The summed E-state index contributed by atoms with van der Waals surface area (Å²) < 4.78 is 10.3. The number of hydrogen-bond acceptors (Lipinski definition) is 4. The van der Waals surface area contributed by atoms with Gasteiger partial charge in [0.25, 0.3) is 0 Å². The minimum absolute atomic E-state index is 0.133. The molecule has 4 nitrogen and oxygen atoms in total. The Kier molecular flexibility index (Phi) is 6.22. The van der Waals surface area contributed by atoms with Crippen LogP contribution in [0, 0.1) is 0 Å². The third kappa shape index (κ3) is 4.75. The predicted octanol–water partition coefficient (Wildman–Crippen LogP) is 2.24. The first-order valence-corrected chi connectivity index (χ1v) is 6.23. The van der Waals surface area contributed by atoms with Crippen molar-refractivity contribution in [2.75, 3.05) is 20.2 Å². The van der Waals surface area contributed by atoms with E-state index in [9.17, 15) is 4.79 Å². The number of hydrogen-bond donors (Lipinski definition) is 1. The van der Waals surface area contributed by atoms with Crippen LogP contribution < -0.4 is 10.1 Å². The summed E-state index contributed by atoms with van der Waals surface area (Å²) in [6.45, 7) is 5.59. The molecule has 1 N–H and O–H groups in total. The van der Waals surface area contributed by atoms with Crippen molar-refractivity contribution in [3.05, 3.63) is 29.8 Å². The number of carbonyl (C=O) groups excluding carboxylic acids is 1.